The number of hydrogen-bond acceptors (Lipinski definition) is 3. The Kier molecular flexibility index (Phi) is 4.94. The standard InChI is InChI=1S/C20H22N2O2/c1-14(2)18-9-5-6-10-19(18)24-13-20(23)22-21-17-11-15-7-3-4-8-16(15)12-17/h3-10,14H,11-13H2,1-2H3,(H,22,23). The highest BCUT2D eigenvalue weighted by Gasteiger charge is 2.16. The molecule has 0 aromatic heterocycles. The van der Waals surface area contributed by atoms with Gasteiger partial charge in [-0.05, 0) is 28.7 Å². The molecule has 1 amide bonds. The van der Waals surface area contributed by atoms with Crippen molar-refractivity contribution in [3.05, 3.63) is 65.2 Å². The van der Waals surface area contributed by atoms with Crippen LogP contribution in [0.3, 0.4) is 0 Å². The van der Waals surface area contributed by atoms with Crippen molar-refractivity contribution in [3.63, 3.8) is 0 Å². The molecule has 2 aromatic carbocycles. The number of amides is 1. The summed E-state index contributed by atoms with van der Waals surface area (Å²) in [5, 5.41) is 4.24. The number of hydrazone groups is 1. The quantitative estimate of drug-likeness (QED) is 0.857. The van der Waals surface area contributed by atoms with Crippen LogP contribution in [0.1, 0.15) is 36.5 Å². The lowest BCUT2D eigenvalue weighted by Gasteiger charge is -2.13. The Labute approximate surface area is 142 Å². The van der Waals surface area contributed by atoms with Crippen LogP contribution in [0, 0.1) is 0 Å². The van der Waals surface area contributed by atoms with Gasteiger partial charge in [0.1, 0.15) is 5.75 Å². The summed E-state index contributed by atoms with van der Waals surface area (Å²) in [6.07, 6.45) is 1.60. The number of hydrogen-bond donors (Lipinski definition) is 1. The van der Waals surface area contributed by atoms with Gasteiger partial charge in [-0.3, -0.25) is 4.79 Å². The normalized spacial score (nSPS) is 12.9. The number of nitrogens with zero attached hydrogens (tertiary/aromatic N) is 1. The topological polar surface area (TPSA) is 50.7 Å². The van der Waals surface area contributed by atoms with E-state index in [4.69, 9.17) is 4.74 Å². The first kappa shape index (κ1) is 16.2. The van der Waals surface area contributed by atoms with Gasteiger partial charge < -0.3 is 4.74 Å². The maximum Gasteiger partial charge on any atom is 0.277 e. The number of ether oxygens (including phenoxy) is 1. The van der Waals surface area contributed by atoms with Crippen LogP contribution in [0.25, 0.3) is 0 Å². The maximum absolute atomic E-state index is 12.0. The first-order chi connectivity index (χ1) is 11.6. The summed E-state index contributed by atoms with van der Waals surface area (Å²) in [4.78, 5) is 12.0. The molecule has 1 aliphatic rings. The highest BCUT2D eigenvalue weighted by Crippen LogP contribution is 2.25. The second kappa shape index (κ2) is 7.30. The third-order valence-corrected chi connectivity index (χ3v) is 4.15. The van der Waals surface area contributed by atoms with Crippen LogP contribution >= 0.6 is 0 Å². The summed E-state index contributed by atoms with van der Waals surface area (Å²) < 4.78 is 5.66. The number of fused-ring (bicyclic) bond motifs is 1. The Hall–Kier alpha value is -2.62. The van der Waals surface area contributed by atoms with Crippen molar-refractivity contribution in [3.8, 4) is 5.75 Å². The fourth-order valence-corrected chi connectivity index (χ4v) is 2.89. The fourth-order valence-electron chi connectivity index (χ4n) is 2.89. The lowest BCUT2D eigenvalue weighted by molar-refractivity contribution is -0.123. The van der Waals surface area contributed by atoms with E-state index in [-0.39, 0.29) is 12.5 Å². The molecule has 124 valence electrons. The molecule has 0 bridgehead atoms. The van der Waals surface area contributed by atoms with E-state index >= 15 is 0 Å². The molecule has 0 spiro atoms. The van der Waals surface area contributed by atoms with Crippen LogP contribution < -0.4 is 10.2 Å². The number of carbonyl (C=O) groups excluding carboxylic acids is 1. The zero-order chi connectivity index (χ0) is 16.9. The van der Waals surface area contributed by atoms with Gasteiger partial charge in [0.2, 0.25) is 0 Å². The number of benzene rings is 2. The van der Waals surface area contributed by atoms with Gasteiger partial charge in [0.05, 0.1) is 0 Å². The molecule has 0 unspecified atom stereocenters. The van der Waals surface area contributed by atoms with Crippen molar-refractivity contribution in [2.75, 3.05) is 6.61 Å². The van der Waals surface area contributed by atoms with Gasteiger partial charge in [0.15, 0.2) is 6.61 Å². The predicted octanol–water partition coefficient (Wildman–Crippen LogP) is 3.46. The van der Waals surface area contributed by atoms with Gasteiger partial charge in [-0.1, -0.05) is 56.3 Å². The minimum Gasteiger partial charge on any atom is -0.483 e. The molecule has 0 saturated carbocycles. The molecule has 4 heteroatoms. The largest absolute Gasteiger partial charge is 0.483 e. The third-order valence-electron chi connectivity index (χ3n) is 4.15. The van der Waals surface area contributed by atoms with Crippen molar-refractivity contribution in [2.24, 2.45) is 5.10 Å². The average Bonchev–Trinajstić information content (AvgIpc) is 3.01. The third kappa shape index (κ3) is 3.82. The Morgan fingerprint density at radius 1 is 1.08 bits per heavy atom. The second-order valence-electron chi connectivity index (χ2n) is 6.32. The lowest BCUT2D eigenvalue weighted by Crippen LogP contribution is -2.26. The smallest absolute Gasteiger partial charge is 0.277 e. The summed E-state index contributed by atoms with van der Waals surface area (Å²) in [7, 11) is 0. The molecule has 0 saturated heterocycles. The SMILES string of the molecule is CC(C)c1ccccc1OCC(=O)NN=C1Cc2ccccc2C1. The molecule has 0 heterocycles. The first-order valence-electron chi connectivity index (χ1n) is 8.26. The van der Waals surface area contributed by atoms with Crippen LogP contribution in [0.15, 0.2) is 53.6 Å². The number of para-hydroxylation sites is 1. The van der Waals surface area contributed by atoms with Gasteiger partial charge in [-0.25, -0.2) is 5.43 Å². The molecule has 0 radical (unpaired) electrons. The molecule has 0 aliphatic heterocycles. The summed E-state index contributed by atoms with van der Waals surface area (Å²) in [5.41, 5.74) is 7.25. The molecule has 2 aromatic rings. The van der Waals surface area contributed by atoms with E-state index in [0.29, 0.717) is 5.92 Å². The van der Waals surface area contributed by atoms with E-state index in [1.165, 1.54) is 11.1 Å². The minimum absolute atomic E-state index is 0.0343. The van der Waals surface area contributed by atoms with E-state index in [1.807, 2.05) is 36.4 Å². The monoisotopic (exact) mass is 322 g/mol. The molecular formula is C20H22N2O2. The highest BCUT2D eigenvalue weighted by atomic mass is 16.5. The van der Waals surface area contributed by atoms with Crippen LogP contribution in [0.5, 0.6) is 5.75 Å². The zero-order valence-electron chi connectivity index (χ0n) is 14.1. The van der Waals surface area contributed by atoms with Gasteiger partial charge in [0, 0.05) is 18.6 Å². The van der Waals surface area contributed by atoms with Gasteiger partial charge in [-0.15, -0.1) is 0 Å². The van der Waals surface area contributed by atoms with Crippen molar-refractivity contribution in [1.82, 2.24) is 5.43 Å². The number of rotatable bonds is 5. The second-order valence-corrected chi connectivity index (χ2v) is 6.32. The Balaban J connectivity index is 1.53. The summed E-state index contributed by atoms with van der Waals surface area (Å²) in [5.74, 6) is 0.863. The molecule has 0 atom stereocenters. The van der Waals surface area contributed by atoms with Crippen LogP contribution in [-0.4, -0.2) is 18.2 Å². The maximum atomic E-state index is 12.0. The molecule has 3 rings (SSSR count). The zero-order valence-corrected chi connectivity index (χ0v) is 14.1. The van der Waals surface area contributed by atoms with Crippen molar-refractivity contribution in [2.45, 2.75) is 32.6 Å². The van der Waals surface area contributed by atoms with E-state index in [0.717, 1.165) is 29.9 Å². The van der Waals surface area contributed by atoms with E-state index in [9.17, 15) is 4.79 Å². The minimum atomic E-state index is -0.239. The molecule has 24 heavy (non-hydrogen) atoms. The summed E-state index contributed by atoms with van der Waals surface area (Å²) in [6, 6.07) is 16.1. The first-order valence-corrected chi connectivity index (χ1v) is 8.26. The number of nitrogens with one attached hydrogen (secondary N) is 1. The summed E-state index contributed by atoms with van der Waals surface area (Å²) >= 11 is 0. The van der Waals surface area contributed by atoms with Crippen LogP contribution in [0.2, 0.25) is 0 Å². The van der Waals surface area contributed by atoms with Gasteiger partial charge in [0.25, 0.3) is 5.91 Å². The van der Waals surface area contributed by atoms with E-state index in [2.05, 4.69) is 36.5 Å². The lowest BCUT2D eigenvalue weighted by atomic mass is 10.0. The van der Waals surface area contributed by atoms with Crippen molar-refractivity contribution >= 4 is 11.6 Å². The van der Waals surface area contributed by atoms with Gasteiger partial charge in [-0.2, -0.15) is 5.10 Å². The van der Waals surface area contributed by atoms with E-state index < -0.39 is 0 Å². The number of carbonyl (C=O) groups is 1. The Morgan fingerprint density at radius 3 is 2.38 bits per heavy atom. The van der Waals surface area contributed by atoms with Gasteiger partial charge >= 0.3 is 0 Å². The Bertz CT molecular complexity index is 739. The average molecular weight is 322 g/mol. The Morgan fingerprint density at radius 2 is 1.71 bits per heavy atom. The molecule has 4 nitrogen and oxygen atoms in total. The van der Waals surface area contributed by atoms with Crippen LogP contribution in [-0.2, 0) is 17.6 Å². The summed E-state index contributed by atoms with van der Waals surface area (Å²) in [6.45, 7) is 4.17. The fraction of sp³-hybridized carbons (Fsp3) is 0.300. The predicted molar refractivity (Wildman–Crippen MR) is 95.5 cm³/mol. The van der Waals surface area contributed by atoms with Crippen molar-refractivity contribution in [1.29, 1.82) is 0 Å². The van der Waals surface area contributed by atoms with Crippen molar-refractivity contribution < 1.29 is 9.53 Å². The van der Waals surface area contributed by atoms with Crippen LogP contribution in [0.4, 0.5) is 0 Å². The molecule has 1 N–H and O–H groups in total. The van der Waals surface area contributed by atoms with E-state index in [1.54, 1.807) is 0 Å². The highest BCUT2D eigenvalue weighted by molar-refractivity contribution is 5.93. The molecule has 0 fully saturated rings. The molecule has 1 aliphatic carbocycles. The molecular weight excluding hydrogens is 300 g/mol.